The molecule has 1 unspecified atom stereocenters. The highest BCUT2D eigenvalue weighted by molar-refractivity contribution is 7.10. The fraction of sp³-hybridized carbons (Fsp3) is 0.250. The van der Waals surface area contributed by atoms with E-state index in [-0.39, 0.29) is 11.3 Å². The molecule has 3 aromatic rings. The largest absolute Gasteiger partial charge is 0.507 e. The predicted molar refractivity (Wildman–Crippen MR) is 121 cm³/mol. The molecule has 0 aliphatic carbocycles. The molecule has 5 nitrogen and oxygen atoms in total. The number of likely N-dealkylation sites (N-methyl/N-ethyl adjacent to an activating group) is 1. The van der Waals surface area contributed by atoms with Gasteiger partial charge in [-0.3, -0.25) is 9.59 Å². The molecule has 154 valence electrons. The van der Waals surface area contributed by atoms with Crippen LogP contribution in [-0.2, 0) is 9.59 Å². The average Bonchev–Trinajstić information content (AvgIpc) is 3.26. The van der Waals surface area contributed by atoms with Crippen molar-refractivity contribution in [3.8, 4) is 0 Å². The van der Waals surface area contributed by atoms with E-state index in [9.17, 15) is 14.7 Å². The van der Waals surface area contributed by atoms with Crippen LogP contribution in [0.1, 0.15) is 22.0 Å². The number of Topliss-reactive ketones (excluding diaryl/α,β-unsaturated/α-hetero) is 1. The Hall–Kier alpha value is -2.96. The van der Waals surface area contributed by atoms with Crippen molar-refractivity contribution in [3.05, 3.63) is 75.5 Å². The maximum atomic E-state index is 13.1. The number of likely N-dealkylation sites (tertiary alicyclic amines) is 1. The normalized spacial score (nSPS) is 18.7. The number of fused-ring (bicyclic) bond motifs is 1. The molecule has 1 N–H and O–H groups in total. The molecule has 0 spiro atoms. The Balaban J connectivity index is 1.92. The van der Waals surface area contributed by atoms with Crippen molar-refractivity contribution in [2.75, 3.05) is 27.2 Å². The highest BCUT2D eigenvalue weighted by Gasteiger charge is 2.46. The van der Waals surface area contributed by atoms with Crippen LogP contribution in [0.25, 0.3) is 16.5 Å². The van der Waals surface area contributed by atoms with Gasteiger partial charge >= 0.3 is 0 Å². The number of aryl methyl sites for hydroxylation is 1. The summed E-state index contributed by atoms with van der Waals surface area (Å²) in [6.07, 6.45) is 0. The smallest absolute Gasteiger partial charge is 0.295 e. The molecule has 0 bridgehead atoms. The lowest BCUT2D eigenvalue weighted by molar-refractivity contribution is -0.140. The van der Waals surface area contributed by atoms with E-state index >= 15 is 0 Å². The van der Waals surface area contributed by atoms with Gasteiger partial charge in [0, 0.05) is 23.5 Å². The topological polar surface area (TPSA) is 60.9 Å². The molecule has 1 saturated heterocycles. The Labute approximate surface area is 179 Å². The maximum absolute atomic E-state index is 13.1. The first-order valence-electron chi connectivity index (χ1n) is 9.85. The highest BCUT2D eigenvalue weighted by Crippen LogP contribution is 2.43. The van der Waals surface area contributed by atoms with Crippen molar-refractivity contribution in [2.45, 2.75) is 13.0 Å². The zero-order chi connectivity index (χ0) is 21.4. The molecule has 0 radical (unpaired) electrons. The van der Waals surface area contributed by atoms with Crippen LogP contribution < -0.4 is 0 Å². The number of hydrogen-bond acceptors (Lipinski definition) is 5. The fourth-order valence-electron chi connectivity index (χ4n) is 3.93. The third-order valence-corrected chi connectivity index (χ3v) is 6.59. The summed E-state index contributed by atoms with van der Waals surface area (Å²) in [6, 6.07) is 14.7. The van der Waals surface area contributed by atoms with E-state index in [1.54, 1.807) is 11.0 Å². The summed E-state index contributed by atoms with van der Waals surface area (Å²) in [7, 11) is 3.86. The van der Waals surface area contributed by atoms with Crippen molar-refractivity contribution in [1.82, 2.24) is 9.80 Å². The first-order valence-corrected chi connectivity index (χ1v) is 10.7. The van der Waals surface area contributed by atoms with Gasteiger partial charge in [0.05, 0.1) is 11.6 Å². The summed E-state index contributed by atoms with van der Waals surface area (Å²) in [5, 5.41) is 15.1. The molecule has 1 atom stereocenters. The third-order valence-electron chi connectivity index (χ3n) is 5.52. The summed E-state index contributed by atoms with van der Waals surface area (Å²) < 4.78 is 0. The summed E-state index contributed by atoms with van der Waals surface area (Å²) in [6.45, 7) is 3.00. The SMILES string of the molecule is Cc1ccsc1C1/C(=C(\O)c2cccc3ccccc23)C(=O)C(=O)N1CCN(C)C. The van der Waals surface area contributed by atoms with Gasteiger partial charge in [-0.15, -0.1) is 11.3 Å². The molecule has 30 heavy (non-hydrogen) atoms. The van der Waals surface area contributed by atoms with Crippen molar-refractivity contribution in [1.29, 1.82) is 0 Å². The number of carbonyl (C=O) groups is 2. The molecule has 1 aliphatic rings. The Morgan fingerprint density at radius 1 is 1.10 bits per heavy atom. The van der Waals surface area contributed by atoms with Gasteiger partial charge in [0.2, 0.25) is 0 Å². The molecule has 6 heteroatoms. The average molecular weight is 421 g/mol. The van der Waals surface area contributed by atoms with Crippen LogP contribution in [0.5, 0.6) is 0 Å². The van der Waals surface area contributed by atoms with Crippen LogP contribution in [0.4, 0.5) is 0 Å². The van der Waals surface area contributed by atoms with Crippen LogP contribution in [-0.4, -0.2) is 53.8 Å². The number of aliphatic hydroxyl groups is 1. The van der Waals surface area contributed by atoms with Gasteiger partial charge in [0.25, 0.3) is 11.7 Å². The van der Waals surface area contributed by atoms with E-state index in [1.165, 1.54) is 11.3 Å². The number of aliphatic hydroxyl groups excluding tert-OH is 1. The molecular formula is C24H24N2O3S. The van der Waals surface area contributed by atoms with Gasteiger partial charge in [0.1, 0.15) is 5.76 Å². The highest BCUT2D eigenvalue weighted by atomic mass is 32.1. The number of ketones is 1. The van der Waals surface area contributed by atoms with E-state index in [0.717, 1.165) is 21.2 Å². The Bertz CT molecular complexity index is 1160. The minimum Gasteiger partial charge on any atom is -0.507 e. The number of carbonyl (C=O) groups excluding carboxylic acids is 2. The molecule has 0 saturated carbocycles. The summed E-state index contributed by atoms with van der Waals surface area (Å²) >= 11 is 1.50. The summed E-state index contributed by atoms with van der Waals surface area (Å²) in [5.41, 5.74) is 1.74. The Morgan fingerprint density at radius 3 is 2.53 bits per heavy atom. The fourth-order valence-corrected chi connectivity index (χ4v) is 4.98. The lowest BCUT2D eigenvalue weighted by Gasteiger charge is -2.26. The second-order valence-corrected chi connectivity index (χ2v) is 8.74. The van der Waals surface area contributed by atoms with E-state index in [4.69, 9.17) is 0 Å². The van der Waals surface area contributed by atoms with Crippen molar-refractivity contribution in [3.63, 3.8) is 0 Å². The quantitative estimate of drug-likeness (QED) is 0.382. The standard InChI is InChI=1S/C24H24N2O3S/c1-15-11-14-30-23(15)20-19(22(28)24(29)26(20)13-12-25(2)3)21(27)18-10-6-8-16-7-4-5-9-17(16)18/h4-11,14,20,27H,12-13H2,1-3H3/b21-19+. The van der Waals surface area contributed by atoms with Crippen LogP contribution in [0.15, 0.2) is 59.5 Å². The third kappa shape index (κ3) is 3.42. The van der Waals surface area contributed by atoms with Crippen molar-refractivity contribution >= 4 is 39.6 Å². The minimum atomic E-state index is -0.628. The maximum Gasteiger partial charge on any atom is 0.295 e. The lowest BCUT2D eigenvalue weighted by atomic mass is 9.95. The Morgan fingerprint density at radius 2 is 1.83 bits per heavy atom. The van der Waals surface area contributed by atoms with E-state index < -0.39 is 17.7 Å². The first-order chi connectivity index (χ1) is 14.4. The van der Waals surface area contributed by atoms with Crippen LogP contribution >= 0.6 is 11.3 Å². The van der Waals surface area contributed by atoms with E-state index in [2.05, 4.69) is 0 Å². The van der Waals surface area contributed by atoms with Gasteiger partial charge in [-0.2, -0.15) is 0 Å². The summed E-state index contributed by atoms with van der Waals surface area (Å²) in [5.74, 6) is -1.30. The lowest BCUT2D eigenvalue weighted by Crippen LogP contribution is -2.35. The number of hydrogen-bond donors (Lipinski definition) is 1. The predicted octanol–water partition coefficient (Wildman–Crippen LogP) is 4.19. The van der Waals surface area contributed by atoms with Crippen molar-refractivity contribution in [2.24, 2.45) is 0 Å². The van der Waals surface area contributed by atoms with Gasteiger partial charge < -0.3 is 14.9 Å². The van der Waals surface area contributed by atoms with Crippen molar-refractivity contribution < 1.29 is 14.7 Å². The molecule has 1 aromatic heterocycles. The van der Waals surface area contributed by atoms with Gasteiger partial charge in [-0.05, 0) is 48.8 Å². The van der Waals surface area contributed by atoms with Gasteiger partial charge in [0.15, 0.2) is 0 Å². The number of thiophene rings is 1. The molecule has 2 heterocycles. The number of nitrogens with zero attached hydrogens (tertiary/aromatic N) is 2. The summed E-state index contributed by atoms with van der Waals surface area (Å²) in [4.78, 5) is 30.6. The molecule has 1 aliphatic heterocycles. The molecular weight excluding hydrogens is 396 g/mol. The number of benzene rings is 2. The molecule has 2 aromatic carbocycles. The molecule has 1 fully saturated rings. The minimum absolute atomic E-state index is 0.115. The monoisotopic (exact) mass is 420 g/mol. The van der Waals surface area contributed by atoms with E-state index in [0.29, 0.717) is 18.7 Å². The Kier molecular flexibility index (Phi) is 5.45. The van der Waals surface area contributed by atoms with Crippen LogP contribution in [0.3, 0.4) is 0 Å². The zero-order valence-electron chi connectivity index (χ0n) is 17.3. The van der Waals surface area contributed by atoms with E-state index in [1.807, 2.05) is 73.8 Å². The van der Waals surface area contributed by atoms with Crippen LogP contribution in [0, 0.1) is 6.92 Å². The first kappa shape index (κ1) is 20.3. The number of amides is 1. The second kappa shape index (κ2) is 8.05. The zero-order valence-corrected chi connectivity index (χ0v) is 18.1. The second-order valence-electron chi connectivity index (χ2n) is 7.79. The molecule has 1 amide bonds. The van der Waals surface area contributed by atoms with Crippen LogP contribution in [0.2, 0.25) is 0 Å². The van der Waals surface area contributed by atoms with Gasteiger partial charge in [-0.1, -0.05) is 42.5 Å². The van der Waals surface area contributed by atoms with Gasteiger partial charge in [-0.25, -0.2) is 0 Å². The number of rotatable bonds is 5. The molecule has 4 rings (SSSR count).